The van der Waals surface area contributed by atoms with Crippen molar-refractivity contribution in [2.24, 2.45) is 5.41 Å². The van der Waals surface area contributed by atoms with Crippen LogP contribution in [-0.2, 0) is 17.8 Å². The Morgan fingerprint density at radius 2 is 1.96 bits per heavy atom. The number of hydrogen-bond acceptors (Lipinski definition) is 7. The fourth-order valence-electron chi connectivity index (χ4n) is 7.11. The van der Waals surface area contributed by atoms with Crippen LogP contribution in [0.4, 0.5) is 15.9 Å². The molecule has 46 heavy (non-hydrogen) atoms. The summed E-state index contributed by atoms with van der Waals surface area (Å²) in [4.78, 5) is 34.5. The average Bonchev–Trinajstić information content (AvgIpc) is 3.99. The Morgan fingerprint density at radius 1 is 1.17 bits per heavy atom. The SMILES string of the molecule is [C-]#[N+]C[C@H]1CN(c2nc(OCC3(CN(C)C4CC4)CC3)nc3c2CCN(c2cccc4cccc(Cl)c24)C3)CCN1C(=O)C(=C)F. The van der Waals surface area contributed by atoms with Gasteiger partial charge in [0.05, 0.1) is 23.9 Å². The maximum absolute atomic E-state index is 13.9. The van der Waals surface area contributed by atoms with E-state index < -0.39 is 17.8 Å². The van der Waals surface area contributed by atoms with Crippen LogP contribution in [0.3, 0.4) is 0 Å². The van der Waals surface area contributed by atoms with E-state index in [4.69, 9.17) is 32.9 Å². The molecule has 0 unspecified atom stereocenters. The molecule has 0 bridgehead atoms. The molecule has 7 rings (SSSR count). The number of anilines is 2. The van der Waals surface area contributed by atoms with E-state index in [-0.39, 0.29) is 18.5 Å². The van der Waals surface area contributed by atoms with Crippen molar-refractivity contribution in [2.45, 2.75) is 50.7 Å². The lowest BCUT2D eigenvalue weighted by molar-refractivity contribution is -0.131. The predicted octanol–water partition coefficient (Wildman–Crippen LogP) is 5.52. The zero-order chi connectivity index (χ0) is 32.0. The van der Waals surface area contributed by atoms with Gasteiger partial charge < -0.3 is 29.2 Å². The molecule has 3 heterocycles. The summed E-state index contributed by atoms with van der Waals surface area (Å²) in [5.74, 6) is -0.984. The minimum atomic E-state index is -1.01. The van der Waals surface area contributed by atoms with Gasteiger partial charge in [-0.15, -0.1) is 0 Å². The van der Waals surface area contributed by atoms with Crippen LogP contribution in [0.15, 0.2) is 48.8 Å². The molecular formula is C35H39ClFN7O2. The maximum atomic E-state index is 13.9. The lowest BCUT2D eigenvalue weighted by atomic mass is 10.0. The Morgan fingerprint density at radius 3 is 2.67 bits per heavy atom. The molecule has 1 amide bonds. The molecule has 2 aliphatic heterocycles. The summed E-state index contributed by atoms with van der Waals surface area (Å²) in [6.07, 6.45) is 5.51. The zero-order valence-corrected chi connectivity index (χ0v) is 27.0. The second kappa shape index (κ2) is 12.3. The smallest absolute Gasteiger partial charge is 0.318 e. The van der Waals surface area contributed by atoms with Gasteiger partial charge in [0.15, 0.2) is 5.83 Å². The fourth-order valence-corrected chi connectivity index (χ4v) is 7.39. The summed E-state index contributed by atoms with van der Waals surface area (Å²) in [7, 11) is 2.21. The molecule has 4 aliphatic rings. The molecule has 2 saturated carbocycles. The monoisotopic (exact) mass is 643 g/mol. The van der Waals surface area contributed by atoms with Gasteiger partial charge in [-0.2, -0.15) is 9.97 Å². The number of carbonyl (C=O) groups excluding carboxylic acids is 1. The van der Waals surface area contributed by atoms with Gasteiger partial charge in [-0.05, 0) is 56.7 Å². The minimum absolute atomic E-state index is 0.0683. The number of benzene rings is 2. The molecule has 0 spiro atoms. The van der Waals surface area contributed by atoms with Crippen LogP contribution < -0.4 is 14.5 Å². The van der Waals surface area contributed by atoms with Crippen molar-refractivity contribution in [1.82, 2.24) is 19.8 Å². The second-order valence-corrected chi connectivity index (χ2v) is 13.7. The molecule has 1 aromatic heterocycles. The van der Waals surface area contributed by atoms with Gasteiger partial charge in [0.1, 0.15) is 11.9 Å². The number of carbonyl (C=O) groups is 1. The molecule has 9 nitrogen and oxygen atoms in total. The molecule has 0 radical (unpaired) electrons. The Balaban J connectivity index is 1.20. The molecule has 240 valence electrons. The maximum Gasteiger partial charge on any atom is 0.318 e. The largest absolute Gasteiger partial charge is 0.463 e. The van der Waals surface area contributed by atoms with Crippen LogP contribution in [-0.4, -0.2) is 90.7 Å². The fraction of sp³-hybridized carbons (Fsp3) is 0.486. The number of ether oxygens (including phenoxy) is 1. The van der Waals surface area contributed by atoms with E-state index in [1.807, 2.05) is 12.1 Å². The van der Waals surface area contributed by atoms with Crippen molar-refractivity contribution in [2.75, 3.05) is 62.7 Å². The van der Waals surface area contributed by atoms with Gasteiger partial charge in [-0.25, -0.2) is 11.0 Å². The summed E-state index contributed by atoms with van der Waals surface area (Å²) < 4.78 is 20.3. The first-order valence-electron chi connectivity index (χ1n) is 16.1. The standard InChI is InChI=1S/C35H39ClFN7O2/c1-23(37)33(45)44-17-16-43(19-26(44)18-38-2)32-27-12-15-42(30-9-5-7-24-6-4-8-28(36)31(24)30)20-29(27)39-34(40-32)46-22-35(13-14-35)21-41(3)25-10-11-25/h4-9,25-26H,1,10-22H2,3H3/t26-/m0/s1. The number of piperazine rings is 1. The lowest BCUT2D eigenvalue weighted by Crippen LogP contribution is -2.57. The molecule has 11 heteroatoms. The Hall–Kier alpha value is -3.94. The summed E-state index contributed by atoms with van der Waals surface area (Å²) in [6, 6.07) is 12.8. The predicted molar refractivity (Wildman–Crippen MR) is 178 cm³/mol. The normalized spacial score (nSPS) is 20.4. The third-order valence-corrected chi connectivity index (χ3v) is 10.3. The van der Waals surface area contributed by atoms with Gasteiger partial charge in [-0.1, -0.05) is 42.4 Å². The van der Waals surface area contributed by atoms with Gasteiger partial charge in [0.2, 0.25) is 6.54 Å². The summed E-state index contributed by atoms with van der Waals surface area (Å²) >= 11 is 6.72. The molecular weight excluding hydrogens is 605 g/mol. The highest BCUT2D eigenvalue weighted by atomic mass is 35.5. The van der Waals surface area contributed by atoms with Crippen LogP contribution >= 0.6 is 11.6 Å². The first-order chi connectivity index (χ1) is 22.2. The van der Waals surface area contributed by atoms with Crippen molar-refractivity contribution in [1.29, 1.82) is 0 Å². The number of rotatable bonds is 10. The topological polar surface area (TPSA) is 69.4 Å². The van der Waals surface area contributed by atoms with E-state index in [0.717, 1.165) is 59.5 Å². The van der Waals surface area contributed by atoms with E-state index in [1.165, 1.54) is 17.7 Å². The van der Waals surface area contributed by atoms with Gasteiger partial charge in [-0.3, -0.25) is 4.79 Å². The summed E-state index contributed by atoms with van der Waals surface area (Å²) in [5.41, 5.74) is 3.13. The van der Waals surface area contributed by atoms with Crippen molar-refractivity contribution in [3.63, 3.8) is 0 Å². The van der Waals surface area contributed by atoms with Crippen molar-refractivity contribution < 1.29 is 13.9 Å². The van der Waals surface area contributed by atoms with Gasteiger partial charge in [0.25, 0.3) is 5.91 Å². The Labute approximate surface area is 274 Å². The second-order valence-electron chi connectivity index (χ2n) is 13.3. The van der Waals surface area contributed by atoms with Crippen LogP contribution in [0.2, 0.25) is 5.02 Å². The van der Waals surface area contributed by atoms with E-state index in [2.05, 4.69) is 57.4 Å². The highest BCUT2D eigenvalue weighted by Gasteiger charge is 2.46. The molecule has 2 aromatic carbocycles. The highest BCUT2D eigenvalue weighted by Crippen LogP contribution is 2.48. The Bertz CT molecular complexity index is 1710. The number of halogens is 2. The van der Waals surface area contributed by atoms with E-state index in [1.54, 1.807) is 0 Å². The van der Waals surface area contributed by atoms with Crippen LogP contribution in [0, 0.1) is 12.0 Å². The zero-order valence-electron chi connectivity index (χ0n) is 26.2. The third kappa shape index (κ3) is 6.10. The van der Waals surface area contributed by atoms with E-state index >= 15 is 0 Å². The number of aromatic nitrogens is 2. The number of hydrogen-bond donors (Lipinski definition) is 0. The van der Waals surface area contributed by atoms with E-state index in [9.17, 15) is 9.18 Å². The number of fused-ring (bicyclic) bond motifs is 2. The molecule has 1 saturated heterocycles. The summed E-state index contributed by atoms with van der Waals surface area (Å²) in [6.45, 7) is 14.7. The van der Waals surface area contributed by atoms with Crippen LogP contribution in [0.5, 0.6) is 6.01 Å². The van der Waals surface area contributed by atoms with Gasteiger partial charge >= 0.3 is 6.01 Å². The van der Waals surface area contributed by atoms with Gasteiger partial charge in [0, 0.05) is 60.8 Å². The molecule has 3 aromatic rings. The first-order valence-corrected chi connectivity index (χ1v) is 16.5. The quantitative estimate of drug-likeness (QED) is 0.213. The van der Waals surface area contributed by atoms with E-state index in [0.29, 0.717) is 49.7 Å². The van der Waals surface area contributed by atoms with Crippen molar-refractivity contribution in [3.05, 3.63) is 76.5 Å². The molecule has 1 atom stereocenters. The third-order valence-electron chi connectivity index (χ3n) is 9.99. The van der Waals surface area contributed by atoms with Crippen LogP contribution in [0.1, 0.15) is 36.9 Å². The Kier molecular flexibility index (Phi) is 8.24. The molecule has 3 fully saturated rings. The minimum Gasteiger partial charge on any atom is -0.463 e. The van der Waals surface area contributed by atoms with Crippen molar-refractivity contribution >= 4 is 39.8 Å². The summed E-state index contributed by atoms with van der Waals surface area (Å²) in [5, 5.41) is 2.82. The average molecular weight is 644 g/mol. The molecule has 2 aliphatic carbocycles. The van der Waals surface area contributed by atoms with Crippen LogP contribution in [0.25, 0.3) is 15.6 Å². The van der Waals surface area contributed by atoms with Crippen molar-refractivity contribution in [3.8, 4) is 6.01 Å². The lowest BCUT2D eigenvalue weighted by Gasteiger charge is -2.41. The molecule has 0 N–H and O–H groups in total. The highest BCUT2D eigenvalue weighted by molar-refractivity contribution is 6.36. The number of nitrogens with zero attached hydrogens (tertiary/aromatic N) is 7. The first kappa shape index (κ1) is 30.7. The number of amides is 1.